The third kappa shape index (κ3) is 21.2. The van der Waals surface area contributed by atoms with Crippen LogP contribution in [0.4, 0.5) is 0 Å². The zero-order valence-corrected chi connectivity index (χ0v) is 52.6. The molecule has 1 aromatic heterocycles. The van der Waals surface area contributed by atoms with Crippen LogP contribution in [0.25, 0.3) is 10.9 Å². The molecule has 0 unspecified atom stereocenters. The first-order valence-electron chi connectivity index (χ1n) is 31.2. The van der Waals surface area contributed by atoms with Crippen molar-refractivity contribution in [3.05, 3.63) is 108 Å². The van der Waals surface area contributed by atoms with Crippen molar-refractivity contribution >= 4 is 81.8 Å². The summed E-state index contributed by atoms with van der Waals surface area (Å²) in [6, 6.07) is 10.3. The Bertz CT molecular complexity index is 3210. The number of hydrogen-bond acceptors (Lipinski definition) is 13. The van der Waals surface area contributed by atoms with E-state index in [4.69, 9.17) is 17.2 Å². The highest BCUT2D eigenvalue weighted by Crippen LogP contribution is 2.23. The number of carbonyl (C=O) groups excluding carboxylic acids is 12. The van der Waals surface area contributed by atoms with Gasteiger partial charge in [0.1, 0.15) is 60.4 Å². The molecule has 26 nitrogen and oxygen atoms in total. The second-order valence-corrected chi connectivity index (χ2v) is 24.7. The van der Waals surface area contributed by atoms with Gasteiger partial charge < -0.3 is 74.9 Å². The molecule has 6 rings (SSSR count). The van der Waals surface area contributed by atoms with E-state index < -0.39 is 156 Å². The Morgan fingerprint density at radius 1 is 0.495 bits per heavy atom. The smallest absolute Gasteiger partial charge is 0.246 e. The van der Waals surface area contributed by atoms with Crippen LogP contribution < -0.4 is 65.1 Å². The first-order chi connectivity index (χ1) is 43.3. The van der Waals surface area contributed by atoms with Crippen LogP contribution in [0.2, 0.25) is 0 Å². The average Bonchev–Trinajstić information content (AvgIpc) is 2.16. The molecule has 16 N–H and O–H groups in total. The van der Waals surface area contributed by atoms with E-state index in [9.17, 15) is 52.7 Å². The molecule has 492 valence electrons. The minimum absolute atomic E-state index is 0.00796. The molecule has 3 aromatic carbocycles. The van der Waals surface area contributed by atoms with E-state index in [0.29, 0.717) is 34.0 Å². The maximum Gasteiger partial charge on any atom is 0.246 e. The summed E-state index contributed by atoms with van der Waals surface area (Å²) in [6.45, 7) is 10.8. The lowest BCUT2D eigenvalue weighted by atomic mass is 9.98. The minimum atomic E-state index is -1.82. The number of amides is 12. The number of H-pyrrole nitrogens is 1. The van der Waals surface area contributed by atoms with Crippen LogP contribution in [0, 0.1) is 17.8 Å². The van der Waals surface area contributed by atoms with Crippen molar-refractivity contribution in [2.75, 3.05) is 13.1 Å². The number of para-hydroxylation sites is 1. The van der Waals surface area contributed by atoms with Gasteiger partial charge in [0.25, 0.3) is 0 Å². The van der Waals surface area contributed by atoms with E-state index in [0.717, 1.165) is 0 Å². The van der Waals surface area contributed by atoms with Gasteiger partial charge in [0, 0.05) is 49.3 Å². The van der Waals surface area contributed by atoms with E-state index in [1.165, 1.54) is 4.90 Å². The predicted molar refractivity (Wildman–Crippen MR) is 339 cm³/mol. The van der Waals surface area contributed by atoms with Crippen molar-refractivity contribution in [1.82, 2.24) is 57.7 Å². The van der Waals surface area contributed by atoms with E-state index >= 15 is 4.79 Å². The first kappa shape index (κ1) is 70.9. The lowest BCUT2D eigenvalue weighted by Gasteiger charge is -2.32. The Morgan fingerprint density at radius 2 is 0.945 bits per heavy atom. The SMILES string of the molecule is CC(C)C[C@@H]1NC(=O)[C@H](CCCN)NC(=O)[C@@H](C(C)C)NC(=O)[C@@H](Cc2c[nH]c3ccccc23)NC(=O)[C@@H](CCC(N)=O)NC(=O)[C@@H](CC(N)=O)NC(=O)[C@@H](Cc2ccccc2)NC(=O)[C@H](CC(C)C)NC(=O)[C@@H]2CCCN2C(=O)[C@H](Cc2ccccc2)NC1=O. The highest BCUT2D eigenvalue weighted by atomic mass is 16.2. The molecule has 3 heterocycles. The maximum atomic E-state index is 15.0. The Kier molecular flexibility index (Phi) is 26.6. The number of aromatic nitrogens is 1. The lowest BCUT2D eigenvalue weighted by molar-refractivity contribution is -0.142. The number of aromatic amines is 1. The Labute approximate surface area is 530 Å². The van der Waals surface area contributed by atoms with Gasteiger partial charge in [-0.15, -0.1) is 0 Å². The Balaban J connectivity index is 1.46. The number of nitrogens with two attached hydrogens (primary N) is 3. The normalized spacial score (nSPS) is 24.3. The number of fused-ring (bicyclic) bond motifs is 2. The van der Waals surface area contributed by atoms with Crippen LogP contribution in [0.15, 0.2) is 91.1 Å². The van der Waals surface area contributed by atoms with E-state index in [1.54, 1.807) is 105 Å². The molecule has 0 saturated carbocycles. The van der Waals surface area contributed by atoms with Crippen LogP contribution in [0.1, 0.15) is 116 Å². The minimum Gasteiger partial charge on any atom is -0.370 e. The number of nitrogens with zero attached hydrogens (tertiary/aromatic N) is 1. The van der Waals surface area contributed by atoms with E-state index in [2.05, 4.69) is 52.8 Å². The van der Waals surface area contributed by atoms with Crippen molar-refractivity contribution in [1.29, 1.82) is 0 Å². The molecule has 26 heteroatoms. The van der Waals surface area contributed by atoms with E-state index in [1.807, 2.05) is 27.7 Å². The molecule has 2 fully saturated rings. The summed E-state index contributed by atoms with van der Waals surface area (Å²) in [6.07, 6.45) is 0.373. The Morgan fingerprint density at radius 3 is 1.51 bits per heavy atom. The molecule has 4 aromatic rings. The van der Waals surface area contributed by atoms with Gasteiger partial charge >= 0.3 is 0 Å². The molecule has 2 saturated heterocycles. The number of nitrogens with one attached hydrogen (secondary N) is 10. The molecule has 10 atom stereocenters. The van der Waals surface area contributed by atoms with Gasteiger partial charge in [0.05, 0.1) is 6.42 Å². The number of rotatable bonds is 19. The Hall–Kier alpha value is -9.20. The number of benzene rings is 3. The summed E-state index contributed by atoms with van der Waals surface area (Å²) in [7, 11) is 0. The van der Waals surface area contributed by atoms with Crippen molar-refractivity contribution in [2.24, 2.45) is 35.0 Å². The standard InChI is InChI=1S/C65H90N14O12/c1-36(2)29-46-59(85)77-51(32-40-19-11-8-12-20-40)65(91)79-28-16-24-52(79)63(89)76-47(30-37(3)4)58(84)73-48(31-39-17-9-7-10-18-39)60(86)75-50(34-54(68)81)61(87)70-45(25-26-53(67)80)57(83)74-49(33-41-35-69-43-22-14-13-21-42(41)43)62(88)78-55(38(5)6)64(90)71-44(23-15-27-66)56(82)72-46/h7-14,17-22,35-38,44-52,55,69H,15-16,23-34,66H2,1-6H3,(H2,67,80)(H2,68,81)(H,70,87)(H,71,90)(H,72,82)(H,73,84)(H,74,83)(H,75,86)(H,76,89)(H,77,85)(H,78,88)/t44-,45+,46-,47-,48+,49+,50+,51-,52-,55+/m0/s1. The van der Waals surface area contributed by atoms with Crippen molar-refractivity contribution in [2.45, 2.75) is 179 Å². The lowest BCUT2D eigenvalue weighted by Crippen LogP contribution is -2.62. The fraction of sp³-hybridized carbons (Fsp3) is 0.508. The van der Waals surface area contributed by atoms with Gasteiger partial charge in [-0.05, 0) is 92.0 Å². The molecule has 2 aliphatic heterocycles. The summed E-state index contributed by atoms with van der Waals surface area (Å²) in [5, 5.41) is 25.2. The highest BCUT2D eigenvalue weighted by Gasteiger charge is 2.42. The number of carbonyl (C=O) groups is 12. The van der Waals surface area contributed by atoms with Crippen LogP contribution >= 0.6 is 0 Å². The number of hydrogen-bond donors (Lipinski definition) is 13. The topological polar surface area (TPSA) is 410 Å². The van der Waals surface area contributed by atoms with Crippen LogP contribution in [0.5, 0.6) is 0 Å². The van der Waals surface area contributed by atoms with E-state index in [-0.39, 0.29) is 76.3 Å². The molecule has 91 heavy (non-hydrogen) atoms. The van der Waals surface area contributed by atoms with Gasteiger partial charge in [0.15, 0.2) is 0 Å². The summed E-state index contributed by atoms with van der Waals surface area (Å²) in [5.41, 5.74) is 19.6. The van der Waals surface area contributed by atoms with Gasteiger partial charge in [-0.25, -0.2) is 0 Å². The molecule has 2 aliphatic rings. The van der Waals surface area contributed by atoms with Crippen LogP contribution in [0.3, 0.4) is 0 Å². The van der Waals surface area contributed by atoms with Gasteiger partial charge in [-0.3, -0.25) is 57.5 Å². The molecular weight excluding hydrogens is 1170 g/mol. The van der Waals surface area contributed by atoms with Crippen molar-refractivity contribution in [3.63, 3.8) is 0 Å². The third-order valence-electron chi connectivity index (χ3n) is 16.0. The highest BCUT2D eigenvalue weighted by molar-refractivity contribution is 6.01. The summed E-state index contributed by atoms with van der Waals surface area (Å²) in [4.78, 5) is 177. The molecule has 12 amide bonds. The second kappa shape index (κ2) is 34.1. The van der Waals surface area contributed by atoms with Crippen molar-refractivity contribution < 1.29 is 57.5 Å². The summed E-state index contributed by atoms with van der Waals surface area (Å²) >= 11 is 0. The quantitative estimate of drug-likeness (QED) is 0.0597. The second-order valence-electron chi connectivity index (χ2n) is 24.7. The van der Waals surface area contributed by atoms with Gasteiger partial charge in [-0.1, -0.05) is 120 Å². The van der Waals surface area contributed by atoms with Crippen LogP contribution in [-0.4, -0.2) is 154 Å². The third-order valence-corrected chi connectivity index (χ3v) is 16.0. The zero-order valence-electron chi connectivity index (χ0n) is 52.6. The van der Waals surface area contributed by atoms with Gasteiger partial charge in [0.2, 0.25) is 70.9 Å². The van der Waals surface area contributed by atoms with Crippen molar-refractivity contribution in [3.8, 4) is 0 Å². The largest absolute Gasteiger partial charge is 0.370 e. The molecule has 0 bridgehead atoms. The molecule has 0 radical (unpaired) electrons. The molecular formula is C65H90N14O12. The molecule has 0 spiro atoms. The fourth-order valence-electron chi connectivity index (χ4n) is 11.3. The monoisotopic (exact) mass is 1260 g/mol. The summed E-state index contributed by atoms with van der Waals surface area (Å²) < 4.78 is 0. The fourth-order valence-corrected chi connectivity index (χ4v) is 11.3. The average molecular weight is 1260 g/mol. The number of primary amides is 2. The molecule has 0 aliphatic carbocycles. The summed E-state index contributed by atoms with van der Waals surface area (Å²) in [5.74, 6) is -11.5. The zero-order chi connectivity index (χ0) is 66.5. The van der Waals surface area contributed by atoms with Gasteiger partial charge in [-0.2, -0.15) is 0 Å². The predicted octanol–water partition coefficient (Wildman–Crippen LogP) is 0.192. The first-order valence-corrected chi connectivity index (χ1v) is 31.2. The maximum absolute atomic E-state index is 15.0. The van der Waals surface area contributed by atoms with Crippen LogP contribution in [-0.2, 0) is 76.8 Å².